The average Bonchev–Trinajstić information content (AvgIpc) is 2.44. The number of nitrogens with zero attached hydrogens (tertiary/aromatic N) is 1. The third kappa shape index (κ3) is 5.20. The second-order valence-corrected chi connectivity index (χ2v) is 3.95. The zero-order valence-electron chi connectivity index (χ0n) is 10.8. The summed E-state index contributed by atoms with van der Waals surface area (Å²) in [5, 5.41) is 28.2. The Kier molecular flexibility index (Phi) is 5.70. The molecule has 1 rings (SSSR count). The summed E-state index contributed by atoms with van der Waals surface area (Å²) in [6.07, 6.45) is -0.740. The van der Waals surface area contributed by atoms with Crippen LogP contribution in [0.5, 0.6) is 5.75 Å². The highest BCUT2D eigenvalue weighted by Gasteiger charge is 2.23. The topological polar surface area (TPSA) is 137 Å². The van der Waals surface area contributed by atoms with Crippen LogP contribution in [0, 0.1) is 11.3 Å². The number of amides is 1. The molecule has 8 nitrogen and oxygen atoms in total. The summed E-state index contributed by atoms with van der Waals surface area (Å²) >= 11 is 0. The van der Waals surface area contributed by atoms with Crippen LogP contribution < -0.4 is 10.1 Å². The second kappa shape index (κ2) is 7.49. The first-order chi connectivity index (χ1) is 9.93. The summed E-state index contributed by atoms with van der Waals surface area (Å²) in [6.45, 7) is -0.526. The molecule has 0 radical (unpaired) electrons. The van der Waals surface area contributed by atoms with E-state index in [1.807, 2.05) is 11.4 Å². The molecule has 0 aliphatic carbocycles. The van der Waals surface area contributed by atoms with Crippen LogP contribution in [-0.2, 0) is 14.4 Å². The largest absolute Gasteiger partial charge is 0.482 e. The molecule has 0 aliphatic heterocycles. The Morgan fingerprint density at radius 1 is 1.29 bits per heavy atom. The van der Waals surface area contributed by atoms with E-state index in [0.29, 0.717) is 0 Å². The number of aliphatic carboxylic acids is 2. The molecular formula is C13H12N2O6. The number of para-hydroxylation sites is 1. The molecule has 0 spiro atoms. The van der Waals surface area contributed by atoms with Crippen molar-refractivity contribution < 1.29 is 29.3 Å². The van der Waals surface area contributed by atoms with Gasteiger partial charge in [0.1, 0.15) is 17.9 Å². The molecule has 0 fully saturated rings. The minimum absolute atomic E-state index is 0.181. The average molecular weight is 292 g/mol. The highest BCUT2D eigenvalue weighted by atomic mass is 16.5. The van der Waals surface area contributed by atoms with Gasteiger partial charge in [-0.25, -0.2) is 4.79 Å². The predicted octanol–water partition coefficient (Wildman–Crippen LogP) is -0.0188. The van der Waals surface area contributed by atoms with Gasteiger partial charge in [-0.1, -0.05) is 12.1 Å². The van der Waals surface area contributed by atoms with Crippen molar-refractivity contribution in [1.82, 2.24) is 5.32 Å². The maximum atomic E-state index is 11.5. The molecule has 0 bridgehead atoms. The number of carboxylic acids is 2. The zero-order chi connectivity index (χ0) is 15.8. The third-order valence-corrected chi connectivity index (χ3v) is 2.38. The van der Waals surface area contributed by atoms with E-state index in [0.717, 1.165) is 0 Å². The van der Waals surface area contributed by atoms with E-state index in [9.17, 15) is 14.4 Å². The van der Waals surface area contributed by atoms with Gasteiger partial charge in [-0.15, -0.1) is 0 Å². The minimum Gasteiger partial charge on any atom is -0.482 e. The van der Waals surface area contributed by atoms with E-state index >= 15 is 0 Å². The van der Waals surface area contributed by atoms with Crippen molar-refractivity contribution in [3.63, 3.8) is 0 Å². The molecule has 1 atom stereocenters. The number of nitrogens with one attached hydrogen (secondary N) is 1. The van der Waals surface area contributed by atoms with E-state index < -0.39 is 36.9 Å². The van der Waals surface area contributed by atoms with E-state index in [1.165, 1.54) is 12.1 Å². The fraction of sp³-hybridized carbons (Fsp3) is 0.231. The molecule has 0 aromatic heterocycles. The normalized spacial score (nSPS) is 11.0. The lowest BCUT2D eigenvalue weighted by molar-refractivity contribution is -0.147. The van der Waals surface area contributed by atoms with Crippen molar-refractivity contribution in [2.24, 2.45) is 0 Å². The van der Waals surface area contributed by atoms with E-state index in [1.54, 1.807) is 12.1 Å². The standard InChI is InChI=1S/C13H12N2O6/c14-6-8-3-1-2-4-10(8)21-7-11(16)15-9(13(19)20)5-12(17)18/h1-4,9H,5,7H2,(H,15,16)(H,17,18)(H,19,20)/t9-/m1/s1. The first-order valence-corrected chi connectivity index (χ1v) is 5.80. The van der Waals surface area contributed by atoms with E-state index in [4.69, 9.17) is 20.2 Å². The van der Waals surface area contributed by atoms with Crippen LogP contribution in [-0.4, -0.2) is 40.7 Å². The fourth-order valence-corrected chi connectivity index (χ4v) is 1.44. The van der Waals surface area contributed by atoms with Crippen molar-refractivity contribution in [2.45, 2.75) is 12.5 Å². The number of rotatable bonds is 7. The first kappa shape index (κ1) is 16.0. The predicted molar refractivity (Wildman–Crippen MR) is 68.5 cm³/mol. The Morgan fingerprint density at radius 3 is 2.52 bits per heavy atom. The van der Waals surface area contributed by atoms with Crippen LogP contribution in [0.4, 0.5) is 0 Å². The second-order valence-electron chi connectivity index (χ2n) is 3.95. The molecule has 0 unspecified atom stereocenters. The Balaban J connectivity index is 2.59. The van der Waals surface area contributed by atoms with Crippen LogP contribution in [0.15, 0.2) is 24.3 Å². The van der Waals surface area contributed by atoms with Crippen LogP contribution in [0.1, 0.15) is 12.0 Å². The third-order valence-electron chi connectivity index (χ3n) is 2.38. The van der Waals surface area contributed by atoms with E-state index in [-0.39, 0.29) is 11.3 Å². The van der Waals surface area contributed by atoms with Crippen LogP contribution in [0.3, 0.4) is 0 Å². The van der Waals surface area contributed by atoms with Gasteiger partial charge >= 0.3 is 11.9 Å². The van der Waals surface area contributed by atoms with Crippen LogP contribution in [0.2, 0.25) is 0 Å². The molecule has 3 N–H and O–H groups in total. The van der Waals surface area contributed by atoms with Gasteiger partial charge in [0.25, 0.3) is 5.91 Å². The molecule has 1 aromatic rings. The Hall–Kier alpha value is -3.08. The number of carboxylic acid groups (broad SMARTS) is 2. The van der Waals surface area contributed by atoms with Crippen molar-refractivity contribution in [2.75, 3.05) is 6.61 Å². The van der Waals surface area contributed by atoms with E-state index in [2.05, 4.69) is 0 Å². The smallest absolute Gasteiger partial charge is 0.326 e. The maximum Gasteiger partial charge on any atom is 0.326 e. The summed E-state index contributed by atoms with van der Waals surface area (Å²) in [7, 11) is 0. The summed E-state index contributed by atoms with van der Waals surface area (Å²) in [6, 6.07) is 6.55. The molecule has 0 aliphatic rings. The van der Waals surface area contributed by atoms with Gasteiger partial charge in [-0.3, -0.25) is 9.59 Å². The van der Waals surface area contributed by atoms with Crippen LogP contribution in [0.25, 0.3) is 0 Å². The molecule has 110 valence electrons. The Bertz CT molecular complexity index is 593. The number of hydrogen-bond donors (Lipinski definition) is 3. The number of ether oxygens (including phenoxy) is 1. The quantitative estimate of drug-likeness (QED) is 0.642. The SMILES string of the molecule is N#Cc1ccccc1OCC(=O)N[C@H](CC(=O)O)C(=O)O. The number of nitriles is 1. The van der Waals surface area contributed by atoms with Crippen molar-refractivity contribution in [1.29, 1.82) is 5.26 Å². The maximum absolute atomic E-state index is 11.5. The molecule has 1 amide bonds. The van der Waals surface area contributed by atoms with Crippen molar-refractivity contribution in [3.05, 3.63) is 29.8 Å². The van der Waals surface area contributed by atoms with Gasteiger partial charge in [-0.05, 0) is 12.1 Å². The molecular weight excluding hydrogens is 280 g/mol. The van der Waals surface area contributed by atoms with Crippen molar-refractivity contribution >= 4 is 17.8 Å². The molecule has 8 heteroatoms. The number of carbonyl (C=O) groups excluding carboxylic acids is 1. The molecule has 21 heavy (non-hydrogen) atoms. The monoisotopic (exact) mass is 292 g/mol. The van der Waals surface area contributed by atoms with Gasteiger partial charge in [0.05, 0.1) is 12.0 Å². The first-order valence-electron chi connectivity index (χ1n) is 5.80. The molecule has 1 aromatic carbocycles. The Labute approximate surface area is 119 Å². The lowest BCUT2D eigenvalue weighted by Gasteiger charge is -2.13. The molecule has 0 saturated carbocycles. The van der Waals surface area contributed by atoms with Crippen molar-refractivity contribution in [3.8, 4) is 11.8 Å². The number of carbonyl (C=O) groups is 3. The lowest BCUT2D eigenvalue weighted by atomic mass is 10.2. The van der Waals surface area contributed by atoms with Gasteiger partial charge in [0.2, 0.25) is 0 Å². The van der Waals surface area contributed by atoms with Gasteiger partial charge < -0.3 is 20.3 Å². The minimum atomic E-state index is -1.54. The number of hydrogen-bond acceptors (Lipinski definition) is 5. The lowest BCUT2D eigenvalue weighted by Crippen LogP contribution is -2.44. The fourth-order valence-electron chi connectivity index (χ4n) is 1.44. The van der Waals surface area contributed by atoms with Gasteiger partial charge in [0.15, 0.2) is 6.61 Å². The zero-order valence-corrected chi connectivity index (χ0v) is 10.8. The summed E-state index contributed by atoms with van der Waals surface area (Å²) in [5.74, 6) is -3.42. The summed E-state index contributed by atoms with van der Waals surface area (Å²) in [5.41, 5.74) is 0.227. The molecule has 0 heterocycles. The number of benzene rings is 1. The highest BCUT2D eigenvalue weighted by Crippen LogP contribution is 2.16. The summed E-state index contributed by atoms with van der Waals surface area (Å²) in [4.78, 5) is 32.8. The van der Waals surface area contributed by atoms with Crippen LogP contribution >= 0.6 is 0 Å². The Morgan fingerprint density at radius 2 is 1.95 bits per heavy atom. The van der Waals surface area contributed by atoms with Gasteiger partial charge in [0, 0.05) is 0 Å². The highest BCUT2D eigenvalue weighted by molar-refractivity contribution is 5.87. The summed E-state index contributed by atoms with van der Waals surface area (Å²) < 4.78 is 5.10. The van der Waals surface area contributed by atoms with Gasteiger partial charge in [-0.2, -0.15) is 5.26 Å². The molecule has 0 saturated heterocycles.